The van der Waals surface area contributed by atoms with Gasteiger partial charge in [-0.05, 0) is 6.92 Å². The standard InChI is InChI=1S/C4H7NO.C4H8O2/c2*1-3(2)4(5)6/h1H2,2H3,(H2,5,6);3H,1-2H3,(H,5,6). The highest BCUT2D eigenvalue weighted by atomic mass is 16.4. The Labute approximate surface area is 72.1 Å². The molecule has 0 unspecified atom stereocenters. The Kier molecular flexibility index (Phi) is 7.08. The number of hydrogen-bond donors (Lipinski definition) is 2. The van der Waals surface area contributed by atoms with Gasteiger partial charge in [0.2, 0.25) is 5.91 Å². The number of carboxylic acids is 1. The maximum atomic E-state index is 9.82. The highest BCUT2D eigenvalue weighted by Gasteiger charge is 1.99. The number of aliphatic carboxylic acids is 1. The van der Waals surface area contributed by atoms with Crippen LogP contribution in [0, 0.1) is 5.92 Å². The zero-order valence-electron chi connectivity index (χ0n) is 7.63. The largest absolute Gasteiger partial charge is 0.481 e. The highest BCUT2D eigenvalue weighted by molar-refractivity contribution is 5.90. The van der Waals surface area contributed by atoms with Crippen LogP contribution < -0.4 is 5.73 Å². The van der Waals surface area contributed by atoms with Gasteiger partial charge in [0, 0.05) is 5.57 Å². The molecular weight excluding hydrogens is 158 g/mol. The summed E-state index contributed by atoms with van der Waals surface area (Å²) in [5.41, 5.74) is 5.09. The second-order valence-electron chi connectivity index (χ2n) is 2.64. The van der Waals surface area contributed by atoms with Crippen LogP contribution in [0.25, 0.3) is 0 Å². The molecule has 0 bridgehead atoms. The second kappa shape index (κ2) is 6.39. The first kappa shape index (κ1) is 13.3. The first-order valence-corrected chi connectivity index (χ1v) is 3.47. The molecule has 4 nitrogen and oxygen atoms in total. The fraction of sp³-hybridized carbons (Fsp3) is 0.500. The molecule has 12 heavy (non-hydrogen) atoms. The molecule has 0 aromatic heterocycles. The summed E-state index contributed by atoms with van der Waals surface area (Å²) in [4.78, 5) is 19.5. The van der Waals surface area contributed by atoms with Crippen LogP contribution in [0.2, 0.25) is 0 Å². The van der Waals surface area contributed by atoms with Crippen molar-refractivity contribution in [2.75, 3.05) is 0 Å². The first-order valence-electron chi connectivity index (χ1n) is 3.47. The van der Waals surface area contributed by atoms with E-state index < -0.39 is 11.9 Å². The van der Waals surface area contributed by atoms with Gasteiger partial charge in [0.05, 0.1) is 5.92 Å². The van der Waals surface area contributed by atoms with Crippen molar-refractivity contribution < 1.29 is 14.7 Å². The van der Waals surface area contributed by atoms with Crippen LogP contribution in [0.1, 0.15) is 20.8 Å². The Morgan fingerprint density at radius 1 is 1.42 bits per heavy atom. The minimum Gasteiger partial charge on any atom is -0.481 e. The molecular formula is C8H15NO3. The van der Waals surface area contributed by atoms with Crippen LogP contribution in [0.5, 0.6) is 0 Å². The van der Waals surface area contributed by atoms with E-state index in [0.717, 1.165) is 0 Å². The number of nitrogens with two attached hydrogens (primary N) is 1. The third-order valence-corrected chi connectivity index (χ3v) is 0.915. The van der Waals surface area contributed by atoms with E-state index in [4.69, 9.17) is 10.8 Å². The third kappa shape index (κ3) is 11.5. The van der Waals surface area contributed by atoms with Gasteiger partial charge in [-0.2, -0.15) is 0 Å². The number of carbonyl (C=O) groups excluding carboxylic acids is 1. The van der Waals surface area contributed by atoms with E-state index >= 15 is 0 Å². The minimum atomic E-state index is -0.741. The van der Waals surface area contributed by atoms with Crippen molar-refractivity contribution in [2.24, 2.45) is 11.7 Å². The maximum Gasteiger partial charge on any atom is 0.305 e. The molecule has 4 heteroatoms. The molecule has 0 aliphatic heterocycles. The van der Waals surface area contributed by atoms with Crippen molar-refractivity contribution in [3.8, 4) is 0 Å². The topological polar surface area (TPSA) is 80.4 Å². The Bertz CT molecular complexity index is 173. The minimum absolute atomic E-state index is 0.231. The highest BCUT2D eigenvalue weighted by Crippen LogP contribution is 1.87. The molecule has 0 heterocycles. The SMILES string of the molecule is C=C(C)C(N)=O.CC(C)C(=O)O. The summed E-state index contributed by atoms with van der Waals surface area (Å²) in [5, 5.41) is 7.99. The Hall–Kier alpha value is -1.32. The quantitative estimate of drug-likeness (QED) is 0.605. The van der Waals surface area contributed by atoms with E-state index in [0.29, 0.717) is 5.57 Å². The molecule has 0 radical (unpaired) electrons. The molecule has 70 valence electrons. The van der Waals surface area contributed by atoms with E-state index in [2.05, 4.69) is 6.58 Å². The lowest BCUT2D eigenvalue weighted by Gasteiger charge is -1.89. The summed E-state index contributed by atoms with van der Waals surface area (Å²) in [6.07, 6.45) is 0. The van der Waals surface area contributed by atoms with Gasteiger partial charge in [-0.3, -0.25) is 9.59 Å². The number of hydrogen-bond acceptors (Lipinski definition) is 2. The lowest BCUT2D eigenvalue weighted by atomic mass is 10.2. The molecule has 0 saturated heterocycles. The summed E-state index contributed by atoms with van der Waals surface area (Å²) in [5.74, 6) is -1.41. The first-order chi connectivity index (χ1) is 5.29. The zero-order chi connectivity index (χ0) is 10.3. The molecule has 0 atom stereocenters. The second-order valence-corrected chi connectivity index (χ2v) is 2.64. The van der Waals surface area contributed by atoms with Gasteiger partial charge in [0.15, 0.2) is 0 Å². The van der Waals surface area contributed by atoms with E-state index in [1.54, 1.807) is 20.8 Å². The van der Waals surface area contributed by atoms with E-state index in [9.17, 15) is 9.59 Å². The fourth-order valence-electron chi connectivity index (χ4n) is 0. The molecule has 0 fully saturated rings. The number of amides is 1. The Balaban J connectivity index is 0. The van der Waals surface area contributed by atoms with Crippen molar-refractivity contribution in [2.45, 2.75) is 20.8 Å². The number of carboxylic acid groups (broad SMARTS) is 1. The molecule has 0 aliphatic rings. The smallest absolute Gasteiger partial charge is 0.305 e. The van der Waals surface area contributed by atoms with Gasteiger partial charge in [0.25, 0.3) is 0 Å². The molecule has 1 amide bonds. The number of carbonyl (C=O) groups is 2. The van der Waals surface area contributed by atoms with Gasteiger partial charge >= 0.3 is 5.97 Å². The maximum absolute atomic E-state index is 9.82. The van der Waals surface area contributed by atoms with Gasteiger partial charge in [0.1, 0.15) is 0 Å². The van der Waals surface area contributed by atoms with Crippen molar-refractivity contribution in [1.82, 2.24) is 0 Å². The van der Waals surface area contributed by atoms with Gasteiger partial charge in [-0.15, -0.1) is 0 Å². The molecule has 0 aromatic rings. The predicted octanol–water partition coefficient (Wildman–Crippen LogP) is 0.775. The molecule has 3 N–H and O–H groups in total. The average Bonchev–Trinajstić information content (AvgIpc) is 1.88. The average molecular weight is 173 g/mol. The van der Waals surface area contributed by atoms with E-state index in [-0.39, 0.29) is 5.92 Å². The summed E-state index contributed by atoms with van der Waals surface area (Å²) in [6.45, 7) is 8.13. The monoisotopic (exact) mass is 173 g/mol. The lowest BCUT2D eigenvalue weighted by Crippen LogP contribution is -2.10. The number of primary amides is 1. The van der Waals surface area contributed by atoms with Crippen LogP contribution in [0.3, 0.4) is 0 Å². The predicted molar refractivity (Wildman–Crippen MR) is 46.5 cm³/mol. The Morgan fingerprint density at radius 3 is 1.58 bits per heavy atom. The van der Waals surface area contributed by atoms with E-state index in [1.807, 2.05) is 0 Å². The summed E-state index contributed by atoms with van der Waals surface area (Å²) >= 11 is 0. The van der Waals surface area contributed by atoms with Gasteiger partial charge in [-0.1, -0.05) is 20.4 Å². The van der Waals surface area contributed by atoms with Crippen LogP contribution in [0.4, 0.5) is 0 Å². The summed E-state index contributed by atoms with van der Waals surface area (Å²) in [6, 6.07) is 0. The van der Waals surface area contributed by atoms with Gasteiger partial charge < -0.3 is 10.8 Å². The normalized spacial score (nSPS) is 8.33. The molecule has 0 aromatic carbocycles. The number of rotatable bonds is 2. The van der Waals surface area contributed by atoms with Crippen molar-refractivity contribution in [3.05, 3.63) is 12.2 Å². The molecule has 0 saturated carbocycles. The zero-order valence-corrected chi connectivity index (χ0v) is 7.63. The summed E-state index contributed by atoms with van der Waals surface area (Å²) < 4.78 is 0. The lowest BCUT2D eigenvalue weighted by molar-refractivity contribution is -0.140. The van der Waals surface area contributed by atoms with Crippen LogP contribution >= 0.6 is 0 Å². The molecule has 0 rings (SSSR count). The van der Waals surface area contributed by atoms with Crippen LogP contribution in [-0.4, -0.2) is 17.0 Å². The van der Waals surface area contributed by atoms with Crippen molar-refractivity contribution in [3.63, 3.8) is 0 Å². The van der Waals surface area contributed by atoms with E-state index in [1.165, 1.54) is 0 Å². The third-order valence-electron chi connectivity index (χ3n) is 0.915. The molecule has 0 spiro atoms. The van der Waals surface area contributed by atoms with Crippen LogP contribution in [0.15, 0.2) is 12.2 Å². The van der Waals surface area contributed by atoms with Gasteiger partial charge in [-0.25, -0.2) is 0 Å². The van der Waals surface area contributed by atoms with Crippen molar-refractivity contribution >= 4 is 11.9 Å². The summed E-state index contributed by atoms with van der Waals surface area (Å²) in [7, 11) is 0. The fourth-order valence-corrected chi connectivity index (χ4v) is 0. The Morgan fingerprint density at radius 2 is 1.58 bits per heavy atom. The van der Waals surface area contributed by atoms with Crippen molar-refractivity contribution in [1.29, 1.82) is 0 Å². The molecule has 0 aliphatic carbocycles. The van der Waals surface area contributed by atoms with Crippen LogP contribution in [-0.2, 0) is 9.59 Å².